The molecule has 0 bridgehead atoms. The number of terminal acetylenes is 1. The van der Waals surface area contributed by atoms with Gasteiger partial charge in [0.25, 0.3) is 0 Å². The fourth-order valence-electron chi connectivity index (χ4n) is 0.768. The Labute approximate surface area is 68.6 Å². The van der Waals surface area contributed by atoms with E-state index < -0.39 is 10.7 Å². The molecule has 1 aromatic rings. The standard InChI is InChI=1S/C8H5NO3/c1-2-6-3-4-7(9(11)12)8(10)5-6/h1,3-5,10H. The van der Waals surface area contributed by atoms with Crippen LogP contribution in [0.4, 0.5) is 5.69 Å². The maximum Gasteiger partial charge on any atom is 0.310 e. The Morgan fingerprint density at radius 2 is 2.25 bits per heavy atom. The highest BCUT2D eigenvalue weighted by Gasteiger charge is 2.11. The number of benzene rings is 1. The molecule has 0 aliphatic heterocycles. The van der Waals surface area contributed by atoms with E-state index in [4.69, 9.17) is 11.5 Å². The molecule has 1 aromatic carbocycles. The van der Waals surface area contributed by atoms with Crippen molar-refractivity contribution in [1.29, 1.82) is 0 Å². The molecule has 0 fully saturated rings. The summed E-state index contributed by atoms with van der Waals surface area (Å²) < 4.78 is 0. The number of hydrogen-bond donors (Lipinski definition) is 1. The van der Waals surface area contributed by atoms with Crippen LogP contribution in [0.3, 0.4) is 0 Å². The number of nitro benzene ring substituents is 1. The minimum atomic E-state index is -0.671. The van der Waals surface area contributed by atoms with Crippen LogP contribution in [0.25, 0.3) is 0 Å². The van der Waals surface area contributed by atoms with E-state index in [9.17, 15) is 10.1 Å². The lowest BCUT2D eigenvalue weighted by Gasteiger charge is -1.95. The highest BCUT2D eigenvalue weighted by molar-refractivity contribution is 5.50. The smallest absolute Gasteiger partial charge is 0.310 e. The van der Waals surface area contributed by atoms with E-state index in [1.54, 1.807) is 0 Å². The van der Waals surface area contributed by atoms with Crippen molar-refractivity contribution >= 4 is 5.69 Å². The molecule has 12 heavy (non-hydrogen) atoms. The number of rotatable bonds is 1. The van der Waals surface area contributed by atoms with Crippen LogP contribution in [0.15, 0.2) is 18.2 Å². The molecule has 60 valence electrons. The van der Waals surface area contributed by atoms with Crippen molar-refractivity contribution in [3.05, 3.63) is 33.9 Å². The Kier molecular flexibility index (Phi) is 1.97. The quantitative estimate of drug-likeness (QED) is 0.385. The van der Waals surface area contributed by atoms with Gasteiger partial charge in [0.15, 0.2) is 5.75 Å². The van der Waals surface area contributed by atoms with E-state index in [2.05, 4.69) is 5.92 Å². The lowest BCUT2D eigenvalue weighted by molar-refractivity contribution is -0.385. The lowest BCUT2D eigenvalue weighted by atomic mass is 10.2. The van der Waals surface area contributed by atoms with Gasteiger partial charge < -0.3 is 5.11 Å². The van der Waals surface area contributed by atoms with Crippen LogP contribution in [-0.4, -0.2) is 10.0 Å². The number of phenolic OH excluding ortho intramolecular Hbond substituents is 1. The molecule has 0 aliphatic rings. The van der Waals surface area contributed by atoms with E-state index in [-0.39, 0.29) is 5.69 Å². The monoisotopic (exact) mass is 163 g/mol. The van der Waals surface area contributed by atoms with E-state index in [1.807, 2.05) is 0 Å². The number of nitrogens with zero attached hydrogens (tertiary/aromatic N) is 1. The van der Waals surface area contributed by atoms with E-state index in [0.29, 0.717) is 5.56 Å². The van der Waals surface area contributed by atoms with Crippen LogP contribution in [-0.2, 0) is 0 Å². The molecule has 4 nitrogen and oxygen atoms in total. The SMILES string of the molecule is C#Cc1ccc([N+](=O)[O-])c(O)c1. The third-order valence-electron chi connectivity index (χ3n) is 1.34. The van der Waals surface area contributed by atoms with Gasteiger partial charge in [0, 0.05) is 17.7 Å². The molecule has 0 radical (unpaired) electrons. The van der Waals surface area contributed by atoms with Crippen LogP contribution in [0.5, 0.6) is 5.75 Å². The first kappa shape index (κ1) is 8.08. The molecule has 0 amide bonds. The summed E-state index contributed by atoms with van der Waals surface area (Å²) in [5, 5.41) is 19.3. The molecule has 0 saturated heterocycles. The van der Waals surface area contributed by atoms with Crippen LogP contribution >= 0.6 is 0 Å². The fourth-order valence-corrected chi connectivity index (χ4v) is 0.768. The largest absolute Gasteiger partial charge is 0.502 e. The van der Waals surface area contributed by atoms with Crippen molar-refractivity contribution in [2.75, 3.05) is 0 Å². The minimum absolute atomic E-state index is 0.339. The zero-order valence-electron chi connectivity index (χ0n) is 6.02. The Hall–Kier alpha value is -2.02. The maximum absolute atomic E-state index is 10.2. The molecular weight excluding hydrogens is 158 g/mol. The van der Waals surface area contributed by atoms with Crippen LogP contribution in [0, 0.1) is 22.5 Å². The van der Waals surface area contributed by atoms with Gasteiger partial charge in [-0.2, -0.15) is 0 Å². The van der Waals surface area contributed by atoms with Gasteiger partial charge in [-0.1, -0.05) is 5.92 Å². The van der Waals surface area contributed by atoms with Crippen molar-refractivity contribution in [1.82, 2.24) is 0 Å². The second kappa shape index (κ2) is 2.93. The number of phenols is 1. The second-order valence-corrected chi connectivity index (χ2v) is 2.10. The van der Waals surface area contributed by atoms with Crippen LogP contribution < -0.4 is 0 Å². The summed E-state index contributed by atoms with van der Waals surface area (Å²) in [7, 11) is 0. The molecule has 0 spiro atoms. The number of aromatic hydroxyl groups is 1. The first-order valence-corrected chi connectivity index (χ1v) is 3.09. The van der Waals surface area contributed by atoms with E-state index in [0.717, 1.165) is 0 Å². The van der Waals surface area contributed by atoms with E-state index >= 15 is 0 Å². The summed E-state index contributed by atoms with van der Waals surface area (Å²) >= 11 is 0. The second-order valence-electron chi connectivity index (χ2n) is 2.10. The predicted octanol–water partition coefficient (Wildman–Crippen LogP) is 1.28. The summed E-state index contributed by atoms with van der Waals surface area (Å²) in [5.41, 5.74) is 0.0760. The van der Waals surface area contributed by atoms with Gasteiger partial charge in [0.1, 0.15) is 0 Å². The first-order valence-electron chi connectivity index (χ1n) is 3.09. The van der Waals surface area contributed by atoms with Crippen LogP contribution in [0.2, 0.25) is 0 Å². The maximum atomic E-state index is 10.2. The Balaban J connectivity index is 3.23. The van der Waals surface area contributed by atoms with Crippen molar-refractivity contribution in [2.24, 2.45) is 0 Å². The fraction of sp³-hybridized carbons (Fsp3) is 0. The molecule has 1 rings (SSSR count). The lowest BCUT2D eigenvalue weighted by Crippen LogP contribution is -1.88. The number of hydrogen-bond acceptors (Lipinski definition) is 3. The molecular formula is C8H5NO3. The van der Waals surface area contributed by atoms with Gasteiger partial charge in [0.05, 0.1) is 4.92 Å². The molecule has 1 N–H and O–H groups in total. The van der Waals surface area contributed by atoms with Crippen molar-refractivity contribution in [3.63, 3.8) is 0 Å². The summed E-state index contributed by atoms with van der Waals surface area (Å²) in [6.07, 6.45) is 5.01. The van der Waals surface area contributed by atoms with Crippen LogP contribution in [0.1, 0.15) is 5.56 Å². The summed E-state index contributed by atoms with van der Waals surface area (Å²) in [4.78, 5) is 9.54. The highest BCUT2D eigenvalue weighted by atomic mass is 16.6. The molecule has 0 atom stereocenters. The molecule has 4 heteroatoms. The third-order valence-corrected chi connectivity index (χ3v) is 1.34. The Morgan fingerprint density at radius 3 is 2.67 bits per heavy atom. The van der Waals surface area contributed by atoms with Gasteiger partial charge in [-0.15, -0.1) is 6.42 Å². The van der Waals surface area contributed by atoms with Gasteiger partial charge in [0.2, 0.25) is 0 Å². The topological polar surface area (TPSA) is 63.4 Å². The van der Waals surface area contributed by atoms with Crippen molar-refractivity contribution in [3.8, 4) is 18.1 Å². The predicted molar refractivity (Wildman–Crippen MR) is 42.7 cm³/mol. The Morgan fingerprint density at radius 1 is 1.58 bits per heavy atom. The average molecular weight is 163 g/mol. The third kappa shape index (κ3) is 1.35. The van der Waals surface area contributed by atoms with Crippen molar-refractivity contribution in [2.45, 2.75) is 0 Å². The van der Waals surface area contributed by atoms with Gasteiger partial charge in [-0.05, 0) is 6.07 Å². The van der Waals surface area contributed by atoms with Crippen molar-refractivity contribution < 1.29 is 10.0 Å². The number of nitro groups is 1. The summed E-state index contributed by atoms with van der Waals surface area (Å²) in [5.74, 6) is 1.84. The molecule has 0 unspecified atom stereocenters. The molecule has 0 heterocycles. The normalized spacial score (nSPS) is 8.92. The molecule has 0 saturated carbocycles. The zero-order chi connectivity index (χ0) is 9.14. The first-order chi connectivity index (χ1) is 5.65. The molecule has 0 aromatic heterocycles. The summed E-state index contributed by atoms with van der Waals surface area (Å²) in [6.45, 7) is 0. The minimum Gasteiger partial charge on any atom is -0.502 e. The van der Waals surface area contributed by atoms with Gasteiger partial charge in [-0.25, -0.2) is 0 Å². The van der Waals surface area contributed by atoms with Gasteiger partial charge in [-0.3, -0.25) is 10.1 Å². The van der Waals surface area contributed by atoms with Gasteiger partial charge >= 0.3 is 5.69 Å². The highest BCUT2D eigenvalue weighted by Crippen LogP contribution is 2.25. The van der Waals surface area contributed by atoms with E-state index in [1.165, 1.54) is 18.2 Å². The molecule has 0 aliphatic carbocycles. The average Bonchev–Trinajstić information content (AvgIpc) is 2.03. The summed E-state index contributed by atoms with van der Waals surface area (Å²) in [6, 6.07) is 3.75. The Bertz CT molecular complexity index is 365. The zero-order valence-corrected chi connectivity index (χ0v) is 6.02.